The Labute approximate surface area is 167 Å². The molecule has 148 valence electrons. The van der Waals surface area contributed by atoms with Crippen LogP contribution in [0.3, 0.4) is 0 Å². The summed E-state index contributed by atoms with van der Waals surface area (Å²) in [4.78, 5) is 27.0. The summed E-state index contributed by atoms with van der Waals surface area (Å²) in [5.41, 5.74) is 0.176. The highest BCUT2D eigenvalue weighted by atomic mass is 16.4. The minimum atomic E-state index is -0.763. The molecule has 2 N–H and O–H groups in total. The Morgan fingerprint density at radius 1 is 1.14 bits per heavy atom. The fourth-order valence-electron chi connectivity index (χ4n) is 5.10. The summed E-state index contributed by atoms with van der Waals surface area (Å²) in [6.07, 6.45) is -0.763. The van der Waals surface area contributed by atoms with Crippen LogP contribution in [-0.2, 0) is 0 Å². The van der Waals surface area contributed by atoms with Gasteiger partial charge in [-0.15, -0.1) is 0 Å². The summed E-state index contributed by atoms with van der Waals surface area (Å²) < 4.78 is 5.30. The maximum atomic E-state index is 13.1. The van der Waals surface area contributed by atoms with E-state index in [1.165, 1.54) is 4.90 Å². The molecule has 6 nitrogen and oxygen atoms in total. The van der Waals surface area contributed by atoms with Crippen LogP contribution in [0.15, 0.2) is 69.9 Å². The number of benzene rings is 2. The highest BCUT2D eigenvalue weighted by Crippen LogP contribution is 2.68. The molecule has 1 saturated heterocycles. The fraction of sp³-hybridized carbons (Fsp3) is 0.304. The Hall–Kier alpha value is -2.96. The van der Waals surface area contributed by atoms with Crippen LogP contribution in [0.25, 0.3) is 11.0 Å². The Morgan fingerprint density at radius 3 is 2.62 bits per heavy atom. The van der Waals surface area contributed by atoms with Crippen molar-refractivity contribution in [3.05, 3.63) is 82.2 Å². The van der Waals surface area contributed by atoms with E-state index in [1.807, 2.05) is 36.4 Å². The van der Waals surface area contributed by atoms with E-state index in [9.17, 15) is 19.8 Å². The Bertz CT molecular complexity index is 1140. The van der Waals surface area contributed by atoms with Crippen molar-refractivity contribution in [3.8, 4) is 0 Å². The molecule has 0 radical (unpaired) electrons. The van der Waals surface area contributed by atoms with Crippen molar-refractivity contribution in [3.63, 3.8) is 0 Å². The molecule has 0 unspecified atom stereocenters. The number of carbonyl (C=O) groups excluding carboxylic acids is 1. The topological polar surface area (TPSA) is 91.0 Å². The van der Waals surface area contributed by atoms with Gasteiger partial charge in [0, 0.05) is 30.5 Å². The van der Waals surface area contributed by atoms with Crippen molar-refractivity contribution in [2.24, 2.45) is 11.3 Å². The van der Waals surface area contributed by atoms with E-state index >= 15 is 0 Å². The molecule has 3 aromatic rings. The van der Waals surface area contributed by atoms with E-state index in [4.69, 9.17) is 4.42 Å². The summed E-state index contributed by atoms with van der Waals surface area (Å²) in [5.74, 6) is -0.587. The van der Waals surface area contributed by atoms with Gasteiger partial charge in [0.1, 0.15) is 11.1 Å². The minimum Gasteiger partial charge on any atom is -0.422 e. The van der Waals surface area contributed by atoms with Gasteiger partial charge < -0.3 is 19.5 Å². The zero-order chi connectivity index (χ0) is 20.2. The zero-order valence-corrected chi connectivity index (χ0v) is 15.7. The first kappa shape index (κ1) is 18.1. The van der Waals surface area contributed by atoms with E-state index in [0.717, 1.165) is 5.56 Å². The van der Waals surface area contributed by atoms with E-state index in [1.54, 1.807) is 24.3 Å². The predicted octanol–water partition coefficient (Wildman–Crippen LogP) is 2.00. The molecular formula is C23H21NO5. The number of para-hydroxylation sites is 1. The van der Waals surface area contributed by atoms with Gasteiger partial charge in [-0.3, -0.25) is 4.79 Å². The molecule has 0 bridgehead atoms. The lowest BCUT2D eigenvalue weighted by Crippen LogP contribution is -2.33. The van der Waals surface area contributed by atoms with Crippen LogP contribution in [0, 0.1) is 11.3 Å². The molecule has 1 aliphatic heterocycles. The van der Waals surface area contributed by atoms with Crippen molar-refractivity contribution < 1.29 is 19.4 Å². The summed E-state index contributed by atoms with van der Waals surface area (Å²) in [6.45, 7) is 0.367. The molecule has 1 spiro atoms. The van der Waals surface area contributed by atoms with Gasteiger partial charge in [0.05, 0.1) is 6.10 Å². The number of amides is 1. The van der Waals surface area contributed by atoms with Crippen LogP contribution in [0.2, 0.25) is 0 Å². The molecule has 1 amide bonds. The van der Waals surface area contributed by atoms with Gasteiger partial charge in [-0.2, -0.15) is 0 Å². The van der Waals surface area contributed by atoms with Crippen LogP contribution in [-0.4, -0.2) is 46.8 Å². The first-order valence-corrected chi connectivity index (χ1v) is 9.72. The quantitative estimate of drug-likeness (QED) is 0.667. The average molecular weight is 391 g/mol. The first-order valence-electron chi connectivity index (χ1n) is 9.72. The number of hydrogen-bond donors (Lipinski definition) is 2. The largest absolute Gasteiger partial charge is 0.422 e. The maximum absolute atomic E-state index is 13.1. The molecule has 2 heterocycles. The van der Waals surface area contributed by atoms with Gasteiger partial charge in [-0.1, -0.05) is 48.5 Å². The lowest BCUT2D eigenvalue weighted by molar-refractivity contribution is 0.0760. The van der Waals surface area contributed by atoms with Gasteiger partial charge in [0.2, 0.25) is 0 Å². The van der Waals surface area contributed by atoms with Crippen LogP contribution in [0.4, 0.5) is 0 Å². The number of fused-ring (bicyclic) bond motifs is 1. The summed E-state index contributed by atoms with van der Waals surface area (Å²) in [7, 11) is 0. The predicted molar refractivity (Wildman–Crippen MR) is 107 cm³/mol. The molecule has 1 saturated carbocycles. The second kappa shape index (κ2) is 6.54. The van der Waals surface area contributed by atoms with Crippen LogP contribution in [0.1, 0.15) is 21.8 Å². The molecule has 4 atom stereocenters. The molecule has 2 fully saturated rings. The highest BCUT2D eigenvalue weighted by molar-refractivity contribution is 5.97. The molecule has 6 heteroatoms. The summed E-state index contributed by atoms with van der Waals surface area (Å²) >= 11 is 0. The Kier molecular flexibility index (Phi) is 4.08. The standard InChI is InChI=1S/C23H21NO5/c25-12-17-20(14-6-2-1-3-7-14)23(17)13-24(11-19(23)26)21(27)16-10-15-8-4-5-9-18(15)29-22(16)28/h1-10,17,19-20,25-26H,11-13H2/t17-,19-,20-,23-/m1/s1. The highest BCUT2D eigenvalue weighted by Gasteiger charge is 2.71. The lowest BCUT2D eigenvalue weighted by Gasteiger charge is -2.16. The van der Waals surface area contributed by atoms with Crippen molar-refractivity contribution in [2.45, 2.75) is 12.0 Å². The second-order valence-corrected chi connectivity index (χ2v) is 7.98. The third kappa shape index (κ3) is 2.63. The number of likely N-dealkylation sites (tertiary alicyclic amines) is 1. The third-order valence-corrected chi connectivity index (χ3v) is 6.56. The van der Waals surface area contributed by atoms with E-state index in [-0.39, 0.29) is 30.6 Å². The number of aliphatic hydroxyl groups is 2. The maximum Gasteiger partial charge on any atom is 0.349 e. The van der Waals surface area contributed by atoms with Crippen molar-refractivity contribution >= 4 is 16.9 Å². The van der Waals surface area contributed by atoms with Crippen LogP contribution < -0.4 is 5.63 Å². The normalized spacial score (nSPS) is 28.2. The summed E-state index contributed by atoms with van der Waals surface area (Å²) in [5, 5.41) is 21.4. The van der Waals surface area contributed by atoms with Gasteiger partial charge in [-0.05, 0) is 29.5 Å². The Balaban J connectivity index is 1.46. The molecule has 2 aromatic carbocycles. The zero-order valence-electron chi connectivity index (χ0n) is 15.7. The van der Waals surface area contributed by atoms with E-state index in [2.05, 4.69) is 0 Å². The van der Waals surface area contributed by atoms with Gasteiger partial charge >= 0.3 is 5.63 Å². The fourth-order valence-corrected chi connectivity index (χ4v) is 5.10. The molecule has 1 aromatic heterocycles. The molecule has 5 rings (SSSR count). The number of β-amino-alcohol motifs (C(OH)–C–C–N with tert-alkyl or cyclic N) is 1. The minimum absolute atomic E-state index is 0.0190. The van der Waals surface area contributed by atoms with Crippen molar-refractivity contribution in [2.75, 3.05) is 19.7 Å². The molecular weight excluding hydrogens is 370 g/mol. The third-order valence-electron chi connectivity index (χ3n) is 6.56. The molecule has 1 aliphatic carbocycles. The number of nitrogens with zero attached hydrogens (tertiary/aromatic N) is 1. The average Bonchev–Trinajstić information content (AvgIpc) is 3.28. The van der Waals surface area contributed by atoms with Crippen LogP contribution >= 0.6 is 0 Å². The van der Waals surface area contributed by atoms with Crippen molar-refractivity contribution in [1.82, 2.24) is 4.90 Å². The number of carbonyl (C=O) groups is 1. The lowest BCUT2D eigenvalue weighted by atomic mass is 9.95. The van der Waals surface area contributed by atoms with Gasteiger partial charge in [0.15, 0.2) is 0 Å². The number of rotatable bonds is 3. The SMILES string of the molecule is O=C(c1cc2ccccc2oc1=O)N1C[C@@H](O)[C@@]2(C1)[C@H](CO)[C@H]2c1ccccc1. The number of aliphatic hydroxyl groups excluding tert-OH is 2. The van der Waals surface area contributed by atoms with Crippen molar-refractivity contribution in [1.29, 1.82) is 0 Å². The van der Waals surface area contributed by atoms with E-state index in [0.29, 0.717) is 17.5 Å². The van der Waals surface area contributed by atoms with E-state index < -0.39 is 23.1 Å². The van der Waals surface area contributed by atoms with Crippen LogP contribution in [0.5, 0.6) is 0 Å². The Morgan fingerprint density at radius 2 is 1.86 bits per heavy atom. The van der Waals surface area contributed by atoms with Gasteiger partial charge in [0.25, 0.3) is 5.91 Å². The van der Waals surface area contributed by atoms with Gasteiger partial charge in [-0.25, -0.2) is 4.79 Å². The molecule has 2 aliphatic rings. The smallest absolute Gasteiger partial charge is 0.349 e. The second-order valence-electron chi connectivity index (χ2n) is 7.98. The summed E-state index contributed by atoms with van der Waals surface area (Å²) in [6, 6.07) is 18.3. The monoisotopic (exact) mass is 391 g/mol. The molecule has 29 heavy (non-hydrogen) atoms. The first-order chi connectivity index (χ1) is 14.1. The number of hydrogen-bond acceptors (Lipinski definition) is 5.